The fourth-order valence-electron chi connectivity index (χ4n) is 0.726. The second-order valence-corrected chi connectivity index (χ2v) is 2.70. The number of aliphatic hydroxyl groups is 2. The Bertz CT molecular complexity index is 264. The van der Waals surface area contributed by atoms with Crippen molar-refractivity contribution in [2.24, 2.45) is 0 Å². The molecule has 0 bridgehead atoms. The van der Waals surface area contributed by atoms with Gasteiger partial charge in [-0.3, -0.25) is 9.59 Å². The smallest absolute Gasteiger partial charge is 0.326 e. The minimum absolute atomic E-state index is 0.806. The van der Waals surface area contributed by atoms with E-state index in [2.05, 4.69) is 0 Å². The topological polar surface area (TPSA) is 144 Å². The van der Waals surface area contributed by atoms with Crippen LogP contribution in [0.3, 0.4) is 0 Å². The van der Waals surface area contributed by atoms with Crippen LogP contribution in [0.4, 0.5) is 0 Å². The summed E-state index contributed by atoms with van der Waals surface area (Å²) in [7, 11) is 0. The standard InChI is InChI=1S/C7H11NO7/c9-2-4(10)6(13)8-3(7(14)15)1-5(11)12/h3-4,9-10H,1-2H2,(H,8,13)(H,11,12)(H,14,15). The minimum Gasteiger partial charge on any atom is -0.481 e. The number of amides is 1. The number of aliphatic carboxylic acids is 2. The highest BCUT2D eigenvalue weighted by Crippen LogP contribution is 1.94. The van der Waals surface area contributed by atoms with E-state index in [9.17, 15) is 14.4 Å². The molecule has 86 valence electrons. The van der Waals surface area contributed by atoms with Crippen LogP contribution in [0.5, 0.6) is 0 Å². The predicted octanol–water partition coefficient (Wildman–Crippen LogP) is -2.62. The fourth-order valence-corrected chi connectivity index (χ4v) is 0.726. The Kier molecular flexibility index (Phi) is 5.27. The maximum atomic E-state index is 10.9. The number of hydrogen-bond donors (Lipinski definition) is 5. The number of hydrogen-bond acceptors (Lipinski definition) is 5. The third-order valence-corrected chi connectivity index (χ3v) is 1.47. The van der Waals surface area contributed by atoms with Crippen molar-refractivity contribution >= 4 is 17.8 Å². The maximum absolute atomic E-state index is 10.9. The first-order chi connectivity index (χ1) is 6.88. The van der Waals surface area contributed by atoms with E-state index in [-0.39, 0.29) is 0 Å². The third-order valence-electron chi connectivity index (χ3n) is 1.47. The molecular formula is C7H11NO7. The molecule has 8 nitrogen and oxygen atoms in total. The van der Waals surface area contributed by atoms with Crippen LogP contribution in [0.15, 0.2) is 0 Å². The highest BCUT2D eigenvalue weighted by molar-refractivity contribution is 5.88. The number of rotatable bonds is 6. The molecule has 0 aromatic carbocycles. The molecule has 8 heteroatoms. The zero-order valence-corrected chi connectivity index (χ0v) is 7.58. The molecule has 0 aromatic heterocycles. The summed E-state index contributed by atoms with van der Waals surface area (Å²) in [5.41, 5.74) is 0. The van der Waals surface area contributed by atoms with E-state index in [0.29, 0.717) is 0 Å². The van der Waals surface area contributed by atoms with Gasteiger partial charge in [0.1, 0.15) is 6.04 Å². The molecule has 0 saturated heterocycles. The van der Waals surface area contributed by atoms with Crippen molar-refractivity contribution in [1.82, 2.24) is 5.32 Å². The van der Waals surface area contributed by atoms with Gasteiger partial charge in [0, 0.05) is 0 Å². The average Bonchev–Trinajstić information content (AvgIpc) is 2.14. The first-order valence-electron chi connectivity index (χ1n) is 3.92. The first kappa shape index (κ1) is 13.3. The summed E-state index contributed by atoms with van der Waals surface area (Å²) < 4.78 is 0. The number of carbonyl (C=O) groups excluding carboxylic acids is 1. The molecule has 15 heavy (non-hydrogen) atoms. The SMILES string of the molecule is O=C(O)CC(NC(=O)C(O)CO)C(=O)O. The Morgan fingerprint density at radius 1 is 1.20 bits per heavy atom. The molecule has 0 radical (unpaired) electrons. The first-order valence-corrected chi connectivity index (χ1v) is 3.92. The second kappa shape index (κ2) is 5.94. The van der Waals surface area contributed by atoms with Crippen molar-refractivity contribution in [3.05, 3.63) is 0 Å². The minimum atomic E-state index is -1.76. The van der Waals surface area contributed by atoms with Crippen molar-refractivity contribution in [3.8, 4) is 0 Å². The largest absolute Gasteiger partial charge is 0.481 e. The van der Waals surface area contributed by atoms with Crippen molar-refractivity contribution in [3.63, 3.8) is 0 Å². The summed E-state index contributed by atoms with van der Waals surface area (Å²) in [5.74, 6) is -4.07. The van der Waals surface area contributed by atoms with E-state index in [4.69, 9.17) is 20.4 Å². The van der Waals surface area contributed by atoms with Gasteiger partial charge >= 0.3 is 11.9 Å². The summed E-state index contributed by atoms with van der Waals surface area (Å²) in [6, 6.07) is -1.63. The Morgan fingerprint density at radius 2 is 1.73 bits per heavy atom. The van der Waals surface area contributed by atoms with E-state index in [1.54, 1.807) is 5.32 Å². The predicted molar refractivity (Wildman–Crippen MR) is 44.9 cm³/mol. The maximum Gasteiger partial charge on any atom is 0.326 e. The highest BCUT2D eigenvalue weighted by Gasteiger charge is 2.25. The average molecular weight is 221 g/mol. The molecule has 5 N–H and O–H groups in total. The zero-order valence-electron chi connectivity index (χ0n) is 7.58. The van der Waals surface area contributed by atoms with Gasteiger partial charge in [-0.1, -0.05) is 0 Å². The molecule has 0 fully saturated rings. The van der Waals surface area contributed by atoms with Crippen LogP contribution in [0.1, 0.15) is 6.42 Å². The van der Waals surface area contributed by atoms with E-state index in [1.807, 2.05) is 0 Å². The summed E-state index contributed by atoms with van der Waals surface area (Å²) in [4.78, 5) is 31.6. The molecule has 0 aliphatic rings. The van der Waals surface area contributed by atoms with Crippen LogP contribution in [0, 0.1) is 0 Å². The normalized spacial score (nSPS) is 14.0. The van der Waals surface area contributed by atoms with Gasteiger partial charge in [-0.25, -0.2) is 4.79 Å². The van der Waals surface area contributed by atoms with E-state index >= 15 is 0 Å². The van der Waals surface area contributed by atoms with Gasteiger partial charge in [-0.2, -0.15) is 0 Å². The van der Waals surface area contributed by atoms with Gasteiger partial charge in [-0.15, -0.1) is 0 Å². The number of nitrogens with one attached hydrogen (secondary N) is 1. The molecule has 0 aliphatic carbocycles. The molecule has 0 spiro atoms. The molecule has 2 atom stereocenters. The fraction of sp³-hybridized carbons (Fsp3) is 0.571. The Balaban J connectivity index is 4.35. The molecule has 0 rings (SSSR count). The monoisotopic (exact) mass is 221 g/mol. The number of carbonyl (C=O) groups is 3. The lowest BCUT2D eigenvalue weighted by Crippen LogP contribution is -2.47. The van der Waals surface area contributed by atoms with E-state index in [0.717, 1.165) is 0 Å². The van der Waals surface area contributed by atoms with Gasteiger partial charge in [-0.05, 0) is 0 Å². The number of aliphatic hydroxyl groups excluding tert-OH is 2. The van der Waals surface area contributed by atoms with Crippen molar-refractivity contribution in [2.45, 2.75) is 18.6 Å². The van der Waals surface area contributed by atoms with Crippen LogP contribution in [0.25, 0.3) is 0 Å². The number of carboxylic acids is 2. The molecule has 0 heterocycles. The third kappa shape index (κ3) is 4.93. The Morgan fingerprint density at radius 3 is 2.07 bits per heavy atom. The van der Waals surface area contributed by atoms with Gasteiger partial charge in [0.25, 0.3) is 5.91 Å². The van der Waals surface area contributed by atoms with Crippen LogP contribution in [-0.2, 0) is 14.4 Å². The summed E-state index contributed by atoms with van der Waals surface area (Å²) in [6.45, 7) is -0.870. The second-order valence-electron chi connectivity index (χ2n) is 2.70. The summed E-state index contributed by atoms with van der Waals surface area (Å²) in [6.07, 6.45) is -2.57. The lowest BCUT2D eigenvalue weighted by atomic mass is 10.2. The van der Waals surface area contributed by atoms with Crippen LogP contribution in [-0.4, -0.2) is 57.0 Å². The van der Waals surface area contributed by atoms with Gasteiger partial charge in [0.2, 0.25) is 0 Å². The van der Waals surface area contributed by atoms with Crippen molar-refractivity contribution in [1.29, 1.82) is 0 Å². The molecule has 2 unspecified atom stereocenters. The number of carboxylic acid groups (broad SMARTS) is 2. The van der Waals surface area contributed by atoms with Crippen LogP contribution < -0.4 is 5.32 Å². The highest BCUT2D eigenvalue weighted by atomic mass is 16.4. The van der Waals surface area contributed by atoms with Crippen LogP contribution in [0.2, 0.25) is 0 Å². The van der Waals surface area contributed by atoms with Crippen LogP contribution >= 0.6 is 0 Å². The zero-order chi connectivity index (χ0) is 12.0. The molecule has 0 aliphatic heterocycles. The quantitative estimate of drug-likeness (QED) is 0.330. The lowest BCUT2D eigenvalue weighted by molar-refractivity contribution is -0.148. The molecule has 0 saturated carbocycles. The van der Waals surface area contributed by atoms with E-state index < -0.39 is 43.0 Å². The summed E-state index contributed by atoms with van der Waals surface area (Å²) >= 11 is 0. The summed E-state index contributed by atoms with van der Waals surface area (Å²) in [5, 5.41) is 35.7. The van der Waals surface area contributed by atoms with Crippen molar-refractivity contribution < 1.29 is 34.8 Å². The Labute approximate surface area is 84.1 Å². The van der Waals surface area contributed by atoms with Gasteiger partial charge < -0.3 is 25.7 Å². The van der Waals surface area contributed by atoms with Gasteiger partial charge in [0.15, 0.2) is 6.10 Å². The van der Waals surface area contributed by atoms with E-state index in [1.165, 1.54) is 0 Å². The molecular weight excluding hydrogens is 210 g/mol. The molecule has 0 aromatic rings. The Hall–Kier alpha value is -1.67. The molecule has 1 amide bonds. The van der Waals surface area contributed by atoms with Crippen molar-refractivity contribution in [2.75, 3.05) is 6.61 Å². The van der Waals surface area contributed by atoms with Gasteiger partial charge in [0.05, 0.1) is 13.0 Å². The lowest BCUT2D eigenvalue weighted by Gasteiger charge is -2.14.